The molecule has 0 radical (unpaired) electrons. The summed E-state index contributed by atoms with van der Waals surface area (Å²) < 4.78 is 19.7. The summed E-state index contributed by atoms with van der Waals surface area (Å²) in [4.78, 5) is 12.3. The Kier molecular flexibility index (Phi) is 7.63. The minimum Gasteiger partial charge on any atom is -0.481 e. The van der Waals surface area contributed by atoms with Crippen LogP contribution in [0.2, 0.25) is 5.02 Å². The summed E-state index contributed by atoms with van der Waals surface area (Å²) in [6.07, 6.45) is 3.91. The molecule has 0 saturated heterocycles. The standard InChI is InChI=1S/C22H25ClFNO2S/c1-15(27-21-11-4-7-16-6-2-3-8-17(16)21)22(26)25-12-13-28-14-18-19(23)9-5-10-20(18)24/h4-5,7,9-11,15H,2-3,6,8,12-14H2,1H3,(H,25,26)/t15-/m0/s1. The van der Waals surface area contributed by atoms with Gasteiger partial charge in [-0.2, -0.15) is 11.8 Å². The third-order valence-corrected chi connectivity index (χ3v) is 6.22. The number of carbonyl (C=O) groups excluding carboxylic acids is 1. The summed E-state index contributed by atoms with van der Waals surface area (Å²) >= 11 is 7.55. The summed E-state index contributed by atoms with van der Waals surface area (Å²) in [5.74, 6) is 1.53. The van der Waals surface area contributed by atoms with Crippen LogP contribution in [0.15, 0.2) is 36.4 Å². The number of nitrogens with one attached hydrogen (secondary N) is 1. The molecule has 1 N–H and O–H groups in total. The summed E-state index contributed by atoms with van der Waals surface area (Å²) in [5.41, 5.74) is 3.08. The molecule has 0 bridgehead atoms. The predicted molar refractivity (Wildman–Crippen MR) is 114 cm³/mol. The van der Waals surface area contributed by atoms with Crippen molar-refractivity contribution in [2.24, 2.45) is 0 Å². The van der Waals surface area contributed by atoms with Gasteiger partial charge in [0.2, 0.25) is 0 Å². The lowest BCUT2D eigenvalue weighted by molar-refractivity contribution is -0.127. The van der Waals surface area contributed by atoms with E-state index in [9.17, 15) is 9.18 Å². The number of hydrogen-bond acceptors (Lipinski definition) is 3. The Bertz CT molecular complexity index is 810. The lowest BCUT2D eigenvalue weighted by Crippen LogP contribution is -2.37. The molecule has 1 amide bonds. The highest BCUT2D eigenvalue weighted by atomic mass is 35.5. The quantitative estimate of drug-likeness (QED) is 0.597. The highest BCUT2D eigenvalue weighted by Gasteiger charge is 2.19. The zero-order valence-corrected chi connectivity index (χ0v) is 17.5. The van der Waals surface area contributed by atoms with Crippen LogP contribution < -0.4 is 10.1 Å². The Hall–Kier alpha value is -1.72. The molecule has 0 heterocycles. The molecule has 0 aromatic heterocycles. The number of thioether (sulfide) groups is 1. The van der Waals surface area contributed by atoms with Gasteiger partial charge in [0.05, 0.1) is 0 Å². The van der Waals surface area contributed by atoms with E-state index in [-0.39, 0.29) is 11.7 Å². The molecule has 2 aromatic carbocycles. The number of hydrogen-bond donors (Lipinski definition) is 1. The maximum absolute atomic E-state index is 13.7. The van der Waals surface area contributed by atoms with E-state index in [4.69, 9.17) is 16.3 Å². The number of fused-ring (bicyclic) bond motifs is 1. The van der Waals surface area contributed by atoms with E-state index in [1.54, 1.807) is 19.1 Å². The Morgan fingerprint density at radius 1 is 1.25 bits per heavy atom. The molecule has 1 aliphatic rings. The van der Waals surface area contributed by atoms with Gasteiger partial charge in [0.15, 0.2) is 6.10 Å². The fourth-order valence-corrected chi connectivity index (χ4v) is 4.53. The monoisotopic (exact) mass is 421 g/mol. The third-order valence-electron chi connectivity index (χ3n) is 4.88. The maximum Gasteiger partial charge on any atom is 0.260 e. The maximum atomic E-state index is 13.7. The highest BCUT2D eigenvalue weighted by molar-refractivity contribution is 7.98. The van der Waals surface area contributed by atoms with Crippen LogP contribution in [0, 0.1) is 5.82 Å². The molecule has 0 fully saturated rings. The molecule has 150 valence electrons. The van der Waals surface area contributed by atoms with E-state index >= 15 is 0 Å². The van der Waals surface area contributed by atoms with Gasteiger partial charge < -0.3 is 10.1 Å². The van der Waals surface area contributed by atoms with Crippen LogP contribution in [0.4, 0.5) is 4.39 Å². The smallest absolute Gasteiger partial charge is 0.260 e. The van der Waals surface area contributed by atoms with Gasteiger partial charge in [-0.25, -0.2) is 4.39 Å². The van der Waals surface area contributed by atoms with Crippen molar-refractivity contribution in [3.63, 3.8) is 0 Å². The molecule has 3 rings (SSSR count). The average Bonchev–Trinajstić information content (AvgIpc) is 2.69. The van der Waals surface area contributed by atoms with Crippen LogP contribution in [0.25, 0.3) is 0 Å². The average molecular weight is 422 g/mol. The summed E-state index contributed by atoms with van der Waals surface area (Å²) in [7, 11) is 0. The van der Waals surface area contributed by atoms with Crippen molar-refractivity contribution in [1.82, 2.24) is 5.32 Å². The molecule has 3 nitrogen and oxygen atoms in total. The minimum atomic E-state index is -0.556. The topological polar surface area (TPSA) is 38.3 Å². The molecular weight excluding hydrogens is 397 g/mol. The van der Waals surface area contributed by atoms with E-state index < -0.39 is 6.10 Å². The second kappa shape index (κ2) is 10.2. The van der Waals surface area contributed by atoms with Gasteiger partial charge in [0, 0.05) is 28.6 Å². The molecular formula is C22H25ClFNO2S. The lowest BCUT2D eigenvalue weighted by atomic mass is 9.91. The molecule has 2 aromatic rings. The van der Waals surface area contributed by atoms with Crippen LogP contribution in [-0.2, 0) is 23.4 Å². The minimum absolute atomic E-state index is 0.141. The van der Waals surface area contributed by atoms with Gasteiger partial charge >= 0.3 is 0 Å². The molecule has 28 heavy (non-hydrogen) atoms. The number of rotatable bonds is 8. The van der Waals surface area contributed by atoms with E-state index in [0.29, 0.717) is 28.6 Å². The van der Waals surface area contributed by atoms with E-state index in [0.717, 1.165) is 25.0 Å². The van der Waals surface area contributed by atoms with Crippen LogP contribution >= 0.6 is 23.4 Å². The molecule has 0 spiro atoms. The third kappa shape index (κ3) is 5.42. The number of carbonyl (C=O) groups is 1. The summed E-state index contributed by atoms with van der Waals surface area (Å²) in [6, 6.07) is 10.8. The molecule has 0 unspecified atom stereocenters. The number of amides is 1. The molecule has 1 atom stereocenters. The Morgan fingerprint density at radius 3 is 2.86 bits per heavy atom. The summed E-state index contributed by atoms with van der Waals surface area (Å²) in [6.45, 7) is 2.26. The van der Waals surface area contributed by atoms with Crippen molar-refractivity contribution in [3.8, 4) is 5.75 Å². The second-order valence-electron chi connectivity index (χ2n) is 6.90. The van der Waals surface area contributed by atoms with Crippen molar-refractivity contribution >= 4 is 29.3 Å². The first-order valence-corrected chi connectivity index (χ1v) is 11.2. The number of benzene rings is 2. The lowest BCUT2D eigenvalue weighted by Gasteiger charge is -2.22. The van der Waals surface area contributed by atoms with Crippen molar-refractivity contribution < 1.29 is 13.9 Å². The number of ether oxygens (including phenoxy) is 1. The first kappa shape index (κ1) is 21.0. The fraction of sp³-hybridized carbons (Fsp3) is 0.409. The van der Waals surface area contributed by atoms with Crippen LogP contribution in [-0.4, -0.2) is 24.3 Å². The van der Waals surface area contributed by atoms with Gasteiger partial charge in [0.25, 0.3) is 5.91 Å². The van der Waals surface area contributed by atoms with Gasteiger partial charge in [-0.05, 0) is 61.9 Å². The molecule has 1 aliphatic carbocycles. The van der Waals surface area contributed by atoms with E-state index in [1.807, 2.05) is 12.1 Å². The zero-order chi connectivity index (χ0) is 19.9. The Labute approximate surface area is 175 Å². The van der Waals surface area contributed by atoms with Gasteiger partial charge in [-0.1, -0.05) is 29.8 Å². The number of halogens is 2. The Morgan fingerprint density at radius 2 is 2.04 bits per heavy atom. The number of aryl methyl sites for hydroxylation is 1. The van der Waals surface area contributed by atoms with Crippen LogP contribution in [0.1, 0.15) is 36.5 Å². The van der Waals surface area contributed by atoms with E-state index in [1.165, 1.54) is 35.4 Å². The normalized spacial score (nSPS) is 14.2. The Balaban J connectivity index is 1.43. The van der Waals surface area contributed by atoms with Gasteiger partial charge in [-0.15, -0.1) is 0 Å². The van der Waals surface area contributed by atoms with Crippen molar-refractivity contribution in [2.75, 3.05) is 12.3 Å². The predicted octanol–water partition coefficient (Wildman–Crippen LogP) is 5.17. The second-order valence-corrected chi connectivity index (χ2v) is 8.42. The highest BCUT2D eigenvalue weighted by Crippen LogP contribution is 2.30. The van der Waals surface area contributed by atoms with Crippen LogP contribution in [0.5, 0.6) is 5.75 Å². The first-order valence-electron chi connectivity index (χ1n) is 9.62. The summed E-state index contributed by atoms with van der Waals surface area (Å²) in [5, 5.41) is 3.32. The molecule has 0 saturated carbocycles. The zero-order valence-electron chi connectivity index (χ0n) is 16.0. The van der Waals surface area contributed by atoms with Gasteiger partial charge in [-0.3, -0.25) is 4.79 Å². The molecule has 0 aliphatic heterocycles. The SMILES string of the molecule is C[C@H](Oc1cccc2c1CCCC2)C(=O)NCCSCc1c(F)cccc1Cl. The first-order chi connectivity index (χ1) is 13.6. The largest absolute Gasteiger partial charge is 0.481 e. The van der Waals surface area contributed by atoms with E-state index in [2.05, 4.69) is 11.4 Å². The van der Waals surface area contributed by atoms with Gasteiger partial charge in [0.1, 0.15) is 11.6 Å². The fourth-order valence-electron chi connectivity index (χ4n) is 3.34. The van der Waals surface area contributed by atoms with Crippen LogP contribution in [0.3, 0.4) is 0 Å². The van der Waals surface area contributed by atoms with Crippen molar-refractivity contribution in [3.05, 3.63) is 63.9 Å². The van der Waals surface area contributed by atoms with Crippen molar-refractivity contribution in [2.45, 2.75) is 44.5 Å². The van der Waals surface area contributed by atoms with Crippen molar-refractivity contribution in [1.29, 1.82) is 0 Å². The molecule has 6 heteroatoms.